The van der Waals surface area contributed by atoms with Crippen molar-refractivity contribution in [2.45, 2.75) is 219 Å². The van der Waals surface area contributed by atoms with Gasteiger partial charge in [0, 0.05) is 13.0 Å². The average molecular weight is 802 g/mol. The Balaban J connectivity index is 4.16. The van der Waals surface area contributed by atoms with E-state index in [1.165, 1.54) is 135 Å². The maximum absolute atomic E-state index is 12.6. The van der Waals surface area contributed by atoms with Crippen molar-refractivity contribution in [2.75, 3.05) is 26.4 Å². The van der Waals surface area contributed by atoms with Crippen LogP contribution in [-0.4, -0.2) is 60.5 Å². The molecular formula is C44H84NO9P. The van der Waals surface area contributed by atoms with E-state index < -0.39 is 45.1 Å². The van der Waals surface area contributed by atoms with Gasteiger partial charge in [-0.2, -0.15) is 0 Å². The fraction of sp³-hybridized carbons (Fsp3) is 0.864. The van der Waals surface area contributed by atoms with Crippen molar-refractivity contribution in [2.24, 2.45) is 5.73 Å². The normalized spacial score (nSPS) is 14.1. The first kappa shape index (κ1) is 53.5. The highest BCUT2D eigenvalue weighted by Crippen LogP contribution is 2.43. The summed E-state index contributed by atoms with van der Waals surface area (Å²) in [5, 5.41) is 8.89. The van der Waals surface area contributed by atoms with Gasteiger partial charge in [0.15, 0.2) is 0 Å². The lowest BCUT2D eigenvalue weighted by Crippen LogP contribution is -2.34. The molecule has 0 rings (SSSR count). The number of phosphoric ester groups is 1. The number of hydrogen-bond acceptors (Lipinski definition) is 8. The Morgan fingerprint density at radius 2 is 0.964 bits per heavy atom. The fourth-order valence-corrected chi connectivity index (χ4v) is 6.95. The van der Waals surface area contributed by atoms with Crippen LogP contribution in [0.4, 0.5) is 0 Å². The average Bonchev–Trinajstić information content (AvgIpc) is 3.16. The SMILES string of the molecule is CCCC/C=C\CCCCCCCCOCC(COP(=O)(O)OCC(N)C(=O)O)OC(=O)CCCCCCCCCCC/C=C\CCCCCCCCCC. The van der Waals surface area contributed by atoms with Gasteiger partial charge in [-0.05, 0) is 57.8 Å². The van der Waals surface area contributed by atoms with Crippen LogP contribution in [0, 0.1) is 0 Å². The summed E-state index contributed by atoms with van der Waals surface area (Å²) < 4.78 is 33.3. The van der Waals surface area contributed by atoms with Gasteiger partial charge in [0.25, 0.3) is 0 Å². The third kappa shape index (κ3) is 40.4. The van der Waals surface area contributed by atoms with E-state index in [4.69, 9.17) is 29.4 Å². The van der Waals surface area contributed by atoms with E-state index in [0.717, 1.165) is 44.9 Å². The van der Waals surface area contributed by atoms with Gasteiger partial charge in [-0.15, -0.1) is 0 Å². The topological polar surface area (TPSA) is 155 Å². The summed E-state index contributed by atoms with van der Waals surface area (Å²) in [5.41, 5.74) is 5.35. The van der Waals surface area contributed by atoms with Gasteiger partial charge in [0.2, 0.25) is 0 Å². The molecule has 0 aliphatic carbocycles. The Bertz CT molecular complexity index is 977. The minimum absolute atomic E-state index is 0.0142. The lowest BCUT2D eigenvalue weighted by Gasteiger charge is -2.20. The standard InChI is InChI=1S/C44H84NO9P/c1-3-5-7-9-11-13-15-17-18-19-20-21-22-23-24-25-26-28-30-32-34-36-43(46)54-41(39-52-55(49,50)53-40-42(45)44(47)48)38-51-37-35-33-31-29-27-16-14-12-10-8-6-4-2/h10,12,19-20,41-42H,3-9,11,13-18,21-40,45H2,1-2H3,(H,47,48)(H,49,50)/b12-10-,20-19-. The lowest BCUT2D eigenvalue weighted by molar-refractivity contribution is -0.154. The van der Waals surface area contributed by atoms with Crippen LogP contribution >= 0.6 is 7.82 Å². The Hall–Kier alpha value is -1.55. The molecule has 0 aliphatic rings. The summed E-state index contributed by atoms with van der Waals surface area (Å²) in [5.74, 6) is -1.78. The summed E-state index contributed by atoms with van der Waals surface area (Å²) in [4.78, 5) is 33.5. The number of phosphoric acid groups is 1. The maximum Gasteiger partial charge on any atom is 0.472 e. The maximum atomic E-state index is 12.6. The number of esters is 1. The van der Waals surface area contributed by atoms with Crippen LogP contribution in [0.3, 0.4) is 0 Å². The third-order valence-corrected chi connectivity index (χ3v) is 10.7. The van der Waals surface area contributed by atoms with Crippen molar-refractivity contribution in [1.29, 1.82) is 0 Å². The Morgan fingerprint density at radius 3 is 1.44 bits per heavy atom. The molecule has 0 bridgehead atoms. The van der Waals surface area contributed by atoms with E-state index in [1.807, 2.05) is 0 Å². The molecule has 0 aromatic heterocycles. The first-order valence-electron chi connectivity index (χ1n) is 22.4. The van der Waals surface area contributed by atoms with Crippen molar-refractivity contribution < 1.29 is 42.7 Å². The molecule has 0 fully saturated rings. The predicted octanol–water partition coefficient (Wildman–Crippen LogP) is 12.3. The number of carboxylic acid groups (broad SMARTS) is 1. The minimum atomic E-state index is -4.61. The molecule has 0 spiro atoms. The predicted molar refractivity (Wildman–Crippen MR) is 226 cm³/mol. The summed E-state index contributed by atoms with van der Waals surface area (Å²) in [6.45, 7) is 3.85. The quantitative estimate of drug-likeness (QED) is 0.0235. The smallest absolute Gasteiger partial charge is 0.472 e. The van der Waals surface area contributed by atoms with Gasteiger partial charge in [0.1, 0.15) is 12.1 Å². The Kier molecular flexibility index (Phi) is 39.5. The fourth-order valence-electron chi connectivity index (χ4n) is 6.17. The molecule has 0 aliphatic heterocycles. The number of allylic oxidation sites excluding steroid dienone is 4. The molecule has 0 heterocycles. The second-order valence-corrected chi connectivity index (χ2v) is 16.6. The summed E-state index contributed by atoms with van der Waals surface area (Å²) >= 11 is 0. The van der Waals surface area contributed by atoms with Crippen molar-refractivity contribution in [3.05, 3.63) is 24.3 Å². The number of carboxylic acids is 1. The third-order valence-electron chi connectivity index (χ3n) is 9.70. The van der Waals surface area contributed by atoms with E-state index >= 15 is 0 Å². The lowest BCUT2D eigenvalue weighted by atomic mass is 10.1. The molecule has 0 saturated heterocycles. The first-order chi connectivity index (χ1) is 26.7. The number of nitrogens with two attached hydrogens (primary N) is 1. The molecule has 4 N–H and O–H groups in total. The van der Waals surface area contributed by atoms with Gasteiger partial charge < -0.3 is 25.2 Å². The molecule has 0 saturated carbocycles. The number of hydrogen-bond donors (Lipinski definition) is 3. The number of ether oxygens (including phenoxy) is 2. The molecule has 0 radical (unpaired) electrons. The van der Waals surface area contributed by atoms with Gasteiger partial charge in [0.05, 0.1) is 19.8 Å². The zero-order chi connectivity index (χ0) is 40.5. The number of carbonyl (C=O) groups excluding carboxylic acids is 1. The van der Waals surface area contributed by atoms with E-state index in [9.17, 15) is 19.0 Å². The van der Waals surface area contributed by atoms with Gasteiger partial charge >= 0.3 is 19.8 Å². The van der Waals surface area contributed by atoms with Crippen LogP contribution in [0.2, 0.25) is 0 Å². The largest absolute Gasteiger partial charge is 0.480 e. The van der Waals surface area contributed by atoms with E-state index in [-0.39, 0.29) is 13.0 Å². The van der Waals surface area contributed by atoms with Crippen LogP contribution in [0.25, 0.3) is 0 Å². The molecule has 3 unspecified atom stereocenters. The van der Waals surface area contributed by atoms with Crippen LogP contribution in [0.1, 0.15) is 206 Å². The zero-order valence-corrected chi connectivity index (χ0v) is 36.2. The monoisotopic (exact) mass is 802 g/mol. The van der Waals surface area contributed by atoms with Gasteiger partial charge in [-0.3, -0.25) is 18.6 Å². The number of carbonyl (C=O) groups is 2. The molecule has 3 atom stereocenters. The first-order valence-corrected chi connectivity index (χ1v) is 23.9. The van der Waals surface area contributed by atoms with Crippen LogP contribution in [0.15, 0.2) is 24.3 Å². The second-order valence-electron chi connectivity index (χ2n) is 15.2. The summed E-state index contributed by atoms with van der Waals surface area (Å²) in [6, 6.07) is -1.47. The number of aliphatic carboxylic acids is 1. The van der Waals surface area contributed by atoms with E-state index in [0.29, 0.717) is 13.0 Å². The van der Waals surface area contributed by atoms with Crippen molar-refractivity contribution >= 4 is 19.8 Å². The summed E-state index contributed by atoms with van der Waals surface area (Å²) in [7, 11) is -4.61. The van der Waals surface area contributed by atoms with Crippen molar-refractivity contribution in [3.8, 4) is 0 Å². The van der Waals surface area contributed by atoms with Crippen LogP contribution < -0.4 is 5.73 Å². The molecule has 0 aromatic carbocycles. The summed E-state index contributed by atoms with van der Waals surface area (Å²) in [6.07, 6.45) is 43.7. The number of rotatable bonds is 43. The zero-order valence-electron chi connectivity index (χ0n) is 35.3. The molecule has 11 heteroatoms. The molecule has 0 aromatic rings. The highest BCUT2D eigenvalue weighted by atomic mass is 31.2. The van der Waals surface area contributed by atoms with Crippen molar-refractivity contribution in [1.82, 2.24) is 0 Å². The van der Waals surface area contributed by atoms with E-state index in [1.54, 1.807) is 0 Å². The van der Waals surface area contributed by atoms with Crippen LogP contribution in [-0.2, 0) is 32.7 Å². The molecule has 324 valence electrons. The molecule has 10 nitrogen and oxygen atoms in total. The Morgan fingerprint density at radius 1 is 0.564 bits per heavy atom. The highest BCUT2D eigenvalue weighted by molar-refractivity contribution is 7.47. The van der Waals surface area contributed by atoms with E-state index in [2.05, 4.69) is 38.2 Å². The Labute approximate surface area is 336 Å². The molecule has 0 amide bonds. The van der Waals surface area contributed by atoms with Gasteiger partial charge in [-0.1, -0.05) is 167 Å². The van der Waals surface area contributed by atoms with Gasteiger partial charge in [-0.25, -0.2) is 4.57 Å². The highest BCUT2D eigenvalue weighted by Gasteiger charge is 2.27. The number of unbranched alkanes of at least 4 members (excludes halogenated alkanes) is 25. The minimum Gasteiger partial charge on any atom is -0.480 e. The second kappa shape index (κ2) is 40.6. The van der Waals surface area contributed by atoms with Crippen molar-refractivity contribution in [3.63, 3.8) is 0 Å². The molecular weight excluding hydrogens is 717 g/mol. The molecule has 55 heavy (non-hydrogen) atoms. The van der Waals surface area contributed by atoms with Crippen LogP contribution in [0.5, 0.6) is 0 Å².